The first-order valence-corrected chi connectivity index (χ1v) is 30.6. The molecule has 28 heteroatoms. The fraction of sp³-hybridized carbons (Fsp3) is 0.585. The summed E-state index contributed by atoms with van der Waals surface area (Å²) in [4.78, 5) is 50.3. The highest BCUT2D eigenvalue weighted by molar-refractivity contribution is 5.42. The van der Waals surface area contributed by atoms with E-state index in [2.05, 4.69) is 94.0 Å². The van der Waals surface area contributed by atoms with E-state index in [4.69, 9.17) is 14.2 Å². The first-order chi connectivity index (χ1) is 43.5. The number of halogens is 4. The molecule has 0 aliphatic heterocycles. The van der Waals surface area contributed by atoms with Crippen LogP contribution in [0.3, 0.4) is 0 Å². The zero-order valence-electron chi connectivity index (χ0n) is 55.0. The van der Waals surface area contributed by atoms with Gasteiger partial charge >= 0.3 is 0 Å². The summed E-state index contributed by atoms with van der Waals surface area (Å²) < 4.78 is 69.2. The Morgan fingerprint density at radius 1 is 0.527 bits per heavy atom. The molecule has 1 unspecified atom stereocenters. The van der Waals surface area contributed by atoms with Crippen LogP contribution < -0.4 is 30.2 Å². The van der Waals surface area contributed by atoms with E-state index in [1.165, 1.54) is 64.5 Å². The number of nitrogens with one attached hydrogen (secondary N) is 3. The van der Waals surface area contributed by atoms with Gasteiger partial charge in [-0.05, 0) is 121 Å². The van der Waals surface area contributed by atoms with Gasteiger partial charge in [0.2, 0.25) is 41.4 Å². The fourth-order valence-corrected chi connectivity index (χ4v) is 10.9. The number of aromatic nitrogens is 12. The third-order valence-corrected chi connectivity index (χ3v) is 18.8. The molecule has 6 N–H and O–H groups in total. The van der Waals surface area contributed by atoms with E-state index in [1.54, 1.807) is 12.4 Å². The molecule has 93 heavy (non-hydrogen) atoms. The van der Waals surface area contributed by atoms with Gasteiger partial charge in [-0.3, -0.25) is 0 Å². The number of hydrogen-bond donors (Lipinski definition) is 6. The summed E-state index contributed by atoms with van der Waals surface area (Å²) in [5, 5.41) is 68.9. The van der Waals surface area contributed by atoms with Crippen LogP contribution in [0.25, 0.3) is 0 Å². The smallest absolute Gasteiger partial charge is 0.248 e. The van der Waals surface area contributed by atoms with Crippen LogP contribution in [-0.4, -0.2) is 130 Å². The maximum atomic E-state index is 13.8. The normalized spacial score (nSPS) is 22.5. The molecule has 0 bridgehead atoms. The number of aliphatic hydroxyl groups is 3. The molecule has 0 spiro atoms. The van der Waals surface area contributed by atoms with Crippen LogP contribution in [0, 0.1) is 68.0 Å². The van der Waals surface area contributed by atoms with Crippen LogP contribution in [0.15, 0.2) is 56.2 Å². The second kappa shape index (κ2) is 29.1. The molecule has 0 radical (unpaired) electrons. The lowest BCUT2D eigenvalue weighted by atomic mass is 9.51. The second-order valence-electron chi connectivity index (χ2n) is 27.2. The Morgan fingerprint density at radius 2 is 0.849 bits per heavy atom. The van der Waals surface area contributed by atoms with E-state index in [9.17, 15) is 48.7 Å². The molecule has 3 aliphatic carbocycles. The number of ether oxygens (including phenoxy) is 3. The molecule has 9 rings (SSSR count). The van der Waals surface area contributed by atoms with Gasteiger partial charge in [0.25, 0.3) is 0 Å². The van der Waals surface area contributed by atoms with Gasteiger partial charge in [-0.2, -0.15) is 15.8 Å². The molecule has 3 fully saturated rings. The quantitative estimate of drug-likeness (QED) is 0.0290. The number of alkyl halides is 4. The van der Waals surface area contributed by atoms with Crippen LogP contribution in [0.1, 0.15) is 166 Å². The molecular weight excluding hydrogens is 1200 g/mol. The average molecular weight is 1290 g/mol. The average Bonchev–Trinajstić information content (AvgIpc) is 0.753. The minimum atomic E-state index is -2.82. The summed E-state index contributed by atoms with van der Waals surface area (Å²) >= 11 is 0. The molecule has 498 valence electrons. The largest absolute Gasteiger partial charge is 0.477 e. The summed E-state index contributed by atoms with van der Waals surface area (Å²) in [6, 6.07) is 6.42. The van der Waals surface area contributed by atoms with Gasteiger partial charge in [-0.15, -0.1) is 0 Å². The molecular formula is C65H84F4N18O6. The number of nitriles is 3. The fourth-order valence-electron chi connectivity index (χ4n) is 10.9. The predicted molar refractivity (Wildman–Crippen MR) is 334 cm³/mol. The van der Waals surface area contributed by atoms with E-state index in [1.807, 2.05) is 62.3 Å². The second-order valence-corrected chi connectivity index (χ2v) is 27.2. The maximum absolute atomic E-state index is 13.8. The van der Waals surface area contributed by atoms with Crippen molar-refractivity contribution < 1.29 is 47.1 Å². The van der Waals surface area contributed by atoms with Gasteiger partial charge in [-0.25, -0.2) is 77.4 Å². The SMILES string of the molecule is CC(C)(F)COc1ncncc1CNc1ncc(C#N)c(C[C@@H]2C[C@](C)(O)C2(C)C)n1.CC(F)(F)CCOc1ncncc1CNc1ncc(C#N)c(C[C@@H]2C[C@](C)(O)C2(C)C)n1.CC(F)COc1ncncc1CNc1ncc(C#N)c(C[C@@H]2C[C@](C)(O)C2(C)C)n1. The molecule has 0 saturated heterocycles. The van der Waals surface area contributed by atoms with Gasteiger partial charge < -0.3 is 45.5 Å². The molecule has 7 atom stereocenters. The van der Waals surface area contributed by atoms with Crippen LogP contribution in [0.2, 0.25) is 0 Å². The van der Waals surface area contributed by atoms with E-state index >= 15 is 0 Å². The minimum absolute atomic E-state index is 0.0948. The summed E-state index contributed by atoms with van der Waals surface area (Å²) in [6.07, 6.45) is 15.3. The highest BCUT2D eigenvalue weighted by Crippen LogP contribution is 2.57. The third kappa shape index (κ3) is 18.1. The predicted octanol–water partition coefficient (Wildman–Crippen LogP) is 9.56. The van der Waals surface area contributed by atoms with Crippen molar-refractivity contribution in [3.8, 4) is 35.8 Å². The Labute approximate surface area is 540 Å². The van der Waals surface area contributed by atoms with Crippen LogP contribution in [-0.2, 0) is 38.9 Å². The summed E-state index contributed by atoms with van der Waals surface area (Å²) in [6.45, 7) is 23.1. The van der Waals surface area contributed by atoms with Crippen molar-refractivity contribution in [2.24, 2.45) is 34.0 Å². The topological polar surface area (TPSA) is 351 Å². The van der Waals surface area contributed by atoms with E-state index in [-0.39, 0.29) is 79.3 Å². The first kappa shape index (κ1) is 71.8. The van der Waals surface area contributed by atoms with Gasteiger partial charge in [0.1, 0.15) is 62.2 Å². The van der Waals surface area contributed by atoms with Crippen LogP contribution >= 0.6 is 0 Å². The molecule has 3 aliphatic rings. The lowest BCUT2D eigenvalue weighted by Gasteiger charge is -2.57. The number of rotatable bonds is 25. The summed E-state index contributed by atoms with van der Waals surface area (Å²) in [5.74, 6) is -0.361. The summed E-state index contributed by atoms with van der Waals surface area (Å²) in [5.41, 5.74) is 0.493. The van der Waals surface area contributed by atoms with Gasteiger partial charge in [0.05, 0.1) is 92.5 Å². The Bertz CT molecular complexity index is 3670. The number of anilines is 3. The zero-order valence-corrected chi connectivity index (χ0v) is 55.0. The Balaban J connectivity index is 0.000000198. The highest BCUT2D eigenvalue weighted by Gasteiger charge is 2.58. The van der Waals surface area contributed by atoms with E-state index in [0.29, 0.717) is 119 Å². The lowest BCUT2D eigenvalue weighted by Crippen LogP contribution is -2.59. The molecule has 3 saturated carbocycles. The maximum Gasteiger partial charge on any atom is 0.248 e. The van der Waals surface area contributed by atoms with Crippen molar-refractivity contribution in [3.05, 3.63) is 107 Å². The number of hydrogen-bond acceptors (Lipinski definition) is 24. The van der Waals surface area contributed by atoms with Gasteiger partial charge in [-0.1, -0.05) is 41.5 Å². The minimum Gasteiger partial charge on any atom is -0.477 e. The van der Waals surface area contributed by atoms with Crippen LogP contribution in [0.4, 0.5) is 35.4 Å². The molecule has 0 aromatic carbocycles. The Hall–Kier alpha value is -8.65. The van der Waals surface area contributed by atoms with E-state index < -0.39 is 41.0 Å². The summed E-state index contributed by atoms with van der Waals surface area (Å²) in [7, 11) is 0. The monoisotopic (exact) mass is 1290 g/mol. The van der Waals surface area contributed by atoms with Crippen molar-refractivity contribution in [1.29, 1.82) is 15.8 Å². The van der Waals surface area contributed by atoms with Crippen molar-refractivity contribution in [2.75, 3.05) is 35.8 Å². The third-order valence-electron chi connectivity index (χ3n) is 18.8. The Kier molecular flexibility index (Phi) is 22.5. The van der Waals surface area contributed by atoms with Crippen molar-refractivity contribution in [3.63, 3.8) is 0 Å². The molecule has 24 nitrogen and oxygen atoms in total. The van der Waals surface area contributed by atoms with Crippen LogP contribution in [0.5, 0.6) is 17.6 Å². The zero-order chi connectivity index (χ0) is 68.4. The highest BCUT2D eigenvalue weighted by atomic mass is 19.3. The van der Waals surface area contributed by atoms with E-state index in [0.717, 1.165) is 6.92 Å². The number of nitrogens with zero attached hydrogens (tertiary/aromatic N) is 15. The van der Waals surface area contributed by atoms with Crippen molar-refractivity contribution >= 4 is 17.8 Å². The first-order valence-electron chi connectivity index (χ1n) is 30.6. The standard InChI is InChI=1S/C22H28F2N6O2.C22H29FN6O2.C21H27FN6O2/c1-20(2)16(8-21(20,3)31)7-17-14(9-25)11-27-19(30-17)28-12-15-10-26-13-29-18(15)32-6-5-22(4,23)24;1-20(2,23)12-31-18-15(9-25-13-28-18)11-27-19-26-10-14(8-24)17(29-19)6-16-7-22(5,30)21(16,3)4;1-13(22)11-30-18-15(8-24-12-27-18)10-26-19-25-9-14(7-23)17(28-19)5-16-6-21(4,29)20(16,2)3/h10-11,13,16,31H,5-8,12H2,1-4H3,(H,27,28,30);9-10,13,16,30H,6-7,11-12H2,1-5H3,(H,26,27,29);8-9,12-13,16,29H,5-6,10-11H2,1-4H3,(H,25,26,28)/t16-,21+;16-,22+;13?,16-,21+/m111/s1. The van der Waals surface area contributed by atoms with Gasteiger partial charge in [0.15, 0.2) is 0 Å². The van der Waals surface area contributed by atoms with Gasteiger partial charge in [0, 0.05) is 44.6 Å². The van der Waals surface area contributed by atoms with Crippen molar-refractivity contribution in [1.82, 2.24) is 59.8 Å². The lowest BCUT2D eigenvalue weighted by molar-refractivity contribution is -0.181. The molecule has 6 heterocycles. The molecule has 6 aromatic heterocycles. The molecule has 0 amide bonds. The van der Waals surface area contributed by atoms with Crippen molar-refractivity contribution in [2.45, 2.75) is 189 Å². The Morgan fingerprint density at radius 3 is 1.13 bits per heavy atom. The molecule has 6 aromatic rings.